The van der Waals surface area contributed by atoms with Gasteiger partial charge >= 0.3 is 0 Å². The van der Waals surface area contributed by atoms with Gasteiger partial charge in [0.05, 0.1) is 27.8 Å². The molecule has 2 aromatic heterocycles. The molecule has 48 heavy (non-hydrogen) atoms. The molecular weight excluding hydrogens is 581 g/mol. The fourth-order valence-corrected chi connectivity index (χ4v) is 8.46. The second-order valence-corrected chi connectivity index (χ2v) is 12.9. The number of para-hydroxylation sites is 4. The Hall–Kier alpha value is -6.38. The normalized spacial score (nSPS) is 12.2. The Balaban J connectivity index is 1.26. The smallest absolute Gasteiger partial charge is 0.0620 e. The number of hydrogen-bond acceptors (Lipinski definition) is 0. The van der Waals surface area contributed by atoms with Crippen LogP contribution in [0.2, 0.25) is 0 Å². The van der Waals surface area contributed by atoms with Crippen molar-refractivity contribution in [1.29, 1.82) is 0 Å². The molecule has 0 radical (unpaired) electrons. The average molecular weight is 609 g/mol. The maximum Gasteiger partial charge on any atom is 0.0620 e. The van der Waals surface area contributed by atoms with Crippen molar-refractivity contribution in [3.05, 3.63) is 170 Å². The molecule has 1 aliphatic heterocycles. The zero-order chi connectivity index (χ0) is 31.3. The third-order valence-corrected chi connectivity index (χ3v) is 10.4. The van der Waals surface area contributed by atoms with Crippen LogP contribution in [-0.2, 0) is 0 Å². The molecule has 222 valence electrons. The standard InChI is InChI=1S/C46H28N2/c1-2-13-30(14-3-1)47-42-23-10-9-19-35(42)40-27-29(25-26-44(40)47)39-28-41-38-22-12-21-37-32-16-5-4-15-31(32)34-18-8-11-24-43(34)48(45(37)38)46(41)36-20-7-6-17-33(36)39/h1-28H. The number of rotatable bonds is 2. The largest absolute Gasteiger partial charge is 0.309 e. The number of hydrogen-bond donors (Lipinski definition) is 0. The van der Waals surface area contributed by atoms with E-state index >= 15 is 0 Å². The number of aromatic nitrogens is 2. The second-order valence-electron chi connectivity index (χ2n) is 12.9. The maximum atomic E-state index is 2.54. The first-order chi connectivity index (χ1) is 23.8. The number of nitrogens with zero attached hydrogens (tertiary/aromatic N) is 2. The fourth-order valence-electron chi connectivity index (χ4n) is 8.46. The quantitative estimate of drug-likeness (QED) is 0.185. The highest BCUT2D eigenvalue weighted by atomic mass is 15.0. The van der Waals surface area contributed by atoms with Crippen LogP contribution in [0.5, 0.6) is 0 Å². The molecule has 0 saturated carbocycles. The fraction of sp³-hybridized carbons (Fsp3) is 0. The Bertz CT molecular complexity index is 2940. The number of fused-ring (bicyclic) bond motifs is 13. The molecule has 2 nitrogen and oxygen atoms in total. The summed E-state index contributed by atoms with van der Waals surface area (Å²) in [7, 11) is 0. The van der Waals surface area contributed by atoms with Crippen molar-refractivity contribution < 1.29 is 0 Å². The zero-order valence-corrected chi connectivity index (χ0v) is 26.1. The highest BCUT2D eigenvalue weighted by Gasteiger charge is 2.26. The molecule has 0 fully saturated rings. The highest BCUT2D eigenvalue weighted by Crippen LogP contribution is 2.49. The van der Waals surface area contributed by atoms with E-state index < -0.39 is 0 Å². The molecule has 11 rings (SSSR count). The van der Waals surface area contributed by atoms with Gasteiger partial charge in [-0.15, -0.1) is 0 Å². The Kier molecular flexibility index (Phi) is 5.14. The summed E-state index contributed by atoms with van der Waals surface area (Å²) in [6.07, 6.45) is 0. The number of benzene rings is 8. The van der Waals surface area contributed by atoms with Gasteiger partial charge in [0.15, 0.2) is 0 Å². The minimum Gasteiger partial charge on any atom is -0.309 e. The third kappa shape index (κ3) is 3.36. The van der Waals surface area contributed by atoms with Crippen LogP contribution in [0, 0.1) is 0 Å². The van der Waals surface area contributed by atoms with E-state index in [-0.39, 0.29) is 0 Å². The SMILES string of the molecule is c1ccc(-n2c3ccccc3c3cc(-c4cc5c6cccc7c6n(c5c5ccccc45)-c4ccccc4-c4ccccc4-7)ccc32)cc1. The van der Waals surface area contributed by atoms with E-state index in [0.717, 1.165) is 0 Å². The van der Waals surface area contributed by atoms with Crippen molar-refractivity contribution in [2.24, 2.45) is 0 Å². The van der Waals surface area contributed by atoms with E-state index in [9.17, 15) is 0 Å². The summed E-state index contributed by atoms with van der Waals surface area (Å²) in [5.74, 6) is 0. The first-order valence-electron chi connectivity index (χ1n) is 16.6. The molecule has 0 saturated heterocycles. The molecule has 2 heteroatoms. The van der Waals surface area contributed by atoms with Crippen molar-refractivity contribution >= 4 is 54.4 Å². The van der Waals surface area contributed by atoms with Crippen molar-refractivity contribution in [3.63, 3.8) is 0 Å². The maximum absolute atomic E-state index is 2.54. The topological polar surface area (TPSA) is 9.86 Å². The van der Waals surface area contributed by atoms with Crippen molar-refractivity contribution in [2.75, 3.05) is 0 Å². The van der Waals surface area contributed by atoms with E-state index in [2.05, 4.69) is 179 Å². The van der Waals surface area contributed by atoms with Gasteiger partial charge in [0, 0.05) is 43.7 Å². The molecule has 0 spiro atoms. The monoisotopic (exact) mass is 608 g/mol. The van der Waals surface area contributed by atoms with E-state index in [0.29, 0.717) is 0 Å². The molecule has 3 heterocycles. The molecule has 0 atom stereocenters. The lowest BCUT2D eigenvalue weighted by molar-refractivity contribution is 1.18. The summed E-state index contributed by atoms with van der Waals surface area (Å²) >= 11 is 0. The van der Waals surface area contributed by atoms with Gasteiger partial charge in [0.1, 0.15) is 0 Å². The van der Waals surface area contributed by atoms with Gasteiger partial charge in [-0.1, -0.05) is 127 Å². The summed E-state index contributed by atoms with van der Waals surface area (Å²) in [6, 6.07) is 62.5. The van der Waals surface area contributed by atoms with Crippen LogP contribution in [0.15, 0.2) is 170 Å². The predicted molar refractivity (Wildman–Crippen MR) is 202 cm³/mol. The van der Waals surface area contributed by atoms with E-state index in [1.165, 1.54) is 99.1 Å². The molecule has 0 N–H and O–H groups in total. The lowest BCUT2D eigenvalue weighted by atomic mass is 9.92. The van der Waals surface area contributed by atoms with Gasteiger partial charge in [0.25, 0.3) is 0 Å². The Morgan fingerprint density at radius 1 is 0.292 bits per heavy atom. The van der Waals surface area contributed by atoms with Crippen molar-refractivity contribution in [1.82, 2.24) is 9.13 Å². The van der Waals surface area contributed by atoms with Gasteiger partial charge in [0.2, 0.25) is 0 Å². The van der Waals surface area contributed by atoms with Crippen molar-refractivity contribution in [2.45, 2.75) is 0 Å². The van der Waals surface area contributed by atoms with Crippen LogP contribution < -0.4 is 0 Å². The summed E-state index contributed by atoms with van der Waals surface area (Å²) in [5, 5.41) is 7.61. The first kappa shape index (κ1) is 25.8. The van der Waals surface area contributed by atoms with Gasteiger partial charge in [-0.05, 0) is 70.1 Å². The van der Waals surface area contributed by atoms with Crippen molar-refractivity contribution in [3.8, 4) is 44.8 Å². The van der Waals surface area contributed by atoms with Gasteiger partial charge in [-0.25, -0.2) is 0 Å². The Labute approximate surface area is 277 Å². The third-order valence-electron chi connectivity index (χ3n) is 10.4. The van der Waals surface area contributed by atoms with Gasteiger partial charge in [-0.3, -0.25) is 0 Å². The Morgan fingerprint density at radius 2 is 0.896 bits per heavy atom. The lowest BCUT2D eigenvalue weighted by Gasteiger charge is -2.15. The van der Waals surface area contributed by atoms with E-state index in [1.54, 1.807) is 0 Å². The van der Waals surface area contributed by atoms with Crippen LogP contribution in [0.3, 0.4) is 0 Å². The summed E-state index contributed by atoms with van der Waals surface area (Å²) in [6.45, 7) is 0. The average Bonchev–Trinajstić information content (AvgIpc) is 3.63. The molecule has 0 unspecified atom stereocenters. The summed E-state index contributed by atoms with van der Waals surface area (Å²) < 4.78 is 4.93. The summed E-state index contributed by atoms with van der Waals surface area (Å²) in [4.78, 5) is 0. The molecule has 0 bridgehead atoms. The highest BCUT2D eigenvalue weighted by molar-refractivity contribution is 6.25. The van der Waals surface area contributed by atoms with Crippen LogP contribution in [0.4, 0.5) is 0 Å². The molecule has 0 aliphatic carbocycles. The van der Waals surface area contributed by atoms with E-state index in [4.69, 9.17) is 0 Å². The van der Waals surface area contributed by atoms with Gasteiger partial charge < -0.3 is 9.13 Å². The molecule has 8 aromatic carbocycles. The van der Waals surface area contributed by atoms with Crippen LogP contribution in [0.25, 0.3) is 99.1 Å². The minimum atomic E-state index is 1.18. The Morgan fingerprint density at radius 3 is 1.75 bits per heavy atom. The minimum absolute atomic E-state index is 1.18. The lowest BCUT2D eigenvalue weighted by Crippen LogP contribution is -1.96. The predicted octanol–water partition coefficient (Wildman–Crippen LogP) is 12.3. The molecule has 1 aliphatic rings. The molecule has 10 aromatic rings. The molecular formula is C46H28N2. The van der Waals surface area contributed by atoms with Gasteiger partial charge in [-0.2, -0.15) is 0 Å². The molecule has 0 amide bonds. The zero-order valence-electron chi connectivity index (χ0n) is 26.1. The van der Waals surface area contributed by atoms with Crippen LogP contribution >= 0.6 is 0 Å². The van der Waals surface area contributed by atoms with Crippen LogP contribution in [0.1, 0.15) is 0 Å². The summed E-state index contributed by atoms with van der Waals surface area (Å²) in [5.41, 5.74) is 15.0. The van der Waals surface area contributed by atoms with E-state index in [1.807, 2.05) is 0 Å². The van der Waals surface area contributed by atoms with Crippen LogP contribution in [-0.4, -0.2) is 9.13 Å². The first-order valence-corrected chi connectivity index (χ1v) is 16.6. The second kappa shape index (κ2) is 9.57.